The highest BCUT2D eigenvalue weighted by atomic mass is 35.5. The number of nitro groups is 1. The van der Waals surface area contributed by atoms with Gasteiger partial charge in [-0.1, -0.05) is 6.07 Å². The highest BCUT2D eigenvalue weighted by Gasteiger charge is 2.13. The third kappa shape index (κ3) is 3.43. The predicted octanol–water partition coefficient (Wildman–Crippen LogP) is 1.35. The number of aliphatic carboxylic acids is 1. The Balaban J connectivity index is 0.00000196. The molecule has 0 spiro atoms. The molecular weight excluding hydrogens is 226 g/mol. The Labute approximate surface area is 90.7 Å². The lowest BCUT2D eigenvalue weighted by Crippen LogP contribution is -2.00. The molecule has 1 rings (SSSR count). The number of carboxylic acid groups (broad SMARTS) is 1. The molecule has 7 heteroatoms. The number of rotatable bonds is 3. The fourth-order valence-electron chi connectivity index (χ4n) is 1.01. The maximum Gasteiger partial charge on any atom is 0.310 e. The molecule has 0 atom stereocenters. The molecule has 0 saturated carbocycles. The Morgan fingerprint density at radius 1 is 1.47 bits per heavy atom. The number of hydrogen-bond donors (Lipinski definition) is 2. The van der Waals surface area contributed by atoms with Gasteiger partial charge in [0.2, 0.25) is 0 Å². The van der Waals surface area contributed by atoms with Gasteiger partial charge in [0.25, 0.3) is 0 Å². The van der Waals surface area contributed by atoms with Crippen molar-refractivity contribution in [2.75, 3.05) is 0 Å². The molecule has 0 aromatic heterocycles. The molecule has 15 heavy (non-hydrogen) atoms. The zero-order valence-electron chi connectivity index (χ0n) is 7.41. The van der Waals surface area contributed by atoms with Crippen LogP contribution in [0.5, 0.6) is 5.75 Å². The zero-order valence-corrected chi connectivity index (χ0v) is 8.23. The summed E-state index contributed by atoms with van der Waals surface area (Å²) >= 11 is 0. The fourth-order valence-corrected chi connectivity index (χ4v) is 1.01. The van der Waals surface area contributed by atoms with Gasteiger partial charge in [0.05, 0.1) is 11.3 Å². The van der Waals surface area contributed by atoms with Crippen LogP contribution in [0.1, 0.15) is 5.56 Å². The van der Waals surface area contributed by atoms with Gasteiger partial charge in [-0.05, 0) is 11.6 Å². The van der Waals surface area contributed by atoms with Crippen LogP contribution >= 0.6 is 12.4 Å². The third-order valence-corrected chi connectivity index (χ3v) is 1.59. The normalized spacial score (nSPS) is 9.07. The monoisotopic (exact) mass is 233 g/mol. The lowest BCUT2D eigenvalue weighted by molar-refractivity contribution is -0.385. The first kappa shape index (κ1) is 13.2. The predicted molar refractivity (Wildman–Crippen MR) is 53.3 cm³/mol. The molecule has 82 valence electrons. The molecule has 0 bridgehead atoms. The van der Waals surface area contributed by atoms with Gasteiger partial charge in [0.1, 0.15) is 0 Å². The highest BCUT2D eigenvalue weighted by molar-refractivity contribution is 5.85. The third-order valence-electron chi connectivity index (χ3n) is 1.59. The topological polar surface area (TPSA) is 101 Å². The van der Waals surface area contributed by atoms with E-state index in [4.69, 9.17) is 10.2 Å². The molecule has 1 aromatic carbocycles. The number of aromatic hydroxyl groups is 1. The molecule has 0 fully saturated rings. The van der Waals surface area contributed by atoms with E-state index >= 15 is 0 Å². The summed E-state index contributed by atoms with van der Waals surface area (Å²) < 4.78 is 0. The molecule has 0 saturated heterocycles. The van der Waals surface area contributed by atoms with E-state index in [1.807, 2.05) is 0 Å². The standard InChI is InChI=1S/C8H7NO5.ClH/c10-7-3-5(4-8(11)12)1-2-6(7)9(13)14;/h1-3,10H,4H2,(H,11,12);1H. The summed E-state index contributed by atoms with van der Waals surface area (Å²) in [7, 11) is 0. The van der Waals surface area contributed by atoms with Crippen LogP contribution < -0.4 is 0 Å². The van der Waals surface area contributed by atoms with Crippen LogP contribution in [0.4, 0.5) is 5.69 Å². The number of halogens is 1. The molecule has 0 heterocycles. The highest BCUT2D eigenvalue weighted by Crippen LogP contribution is 2.26. The van der Waals surface area contributed by atoms with Crippen molar-refractivity contribution in [3.8, 4) is 5.75 Å². The van der Waals surface area contributed by atoms with Crippen molar-refractivity contribution in [3.63, 3.8) is 0 Å². The van der Waals surface area contributed by atoms with Crippen LogP contribution in [-0.4, -0.2) is 21.1 Å². The Kier molecular flexibility index (Phi) is 4.53. The zero-order chi connectivity index (χ0) is 10.7. The van der Waals surface area contributed by atoms with Crippen molar-refractivity contribution in [3.05, 3.63) is 33.9 Å². The second-order valence-corrected chi connectivity index (χ2v) is 2.65. The number of nitrogens with zero attached hydrogens (tertiary/aromatic N) is 1. The van der Waals surface area contributed by atoms with Crippen LogP contribution in [0.3, 0.4) is 0 Å². The Morgan fingerprint density at radius 2 is 2.07 bits per heavy atom. The number of nitro benzene ring substituents is 1. The molecule has 6 nitrogen and oxygen atoms in total. The van der Waals surface area contributed by atoms with Gasteiger partial charge in [-0.3, -0.25) is 14.9 Å². The summed E-state index contributed by atoms with van der Waals surface area (Å²) in [6.45, 7) is 0. The minimum Gasteiger partial charge on any atom is -0.502 e. The van der Waals surface area contributed by atoms with Crippen molar-refractivity contribution in [1.82, 2.24) is 0 Å². The van der Waals surface area contributed by atoms with Crippen molar-refractivity contribution in [1.29, 1.82) is 0 Å². The van der Waals surface area contributed by atoms with E-state index in [1.54, 1.807) is 0 Å². The van der Waals surface area contributed by atoms with E-state index in [2.05, 4.69) is 0 Å². The number of phenolic OH excluding ortho intramolecular Hbond substituents is 1. The first-order valence-corrected chi connectivity index (χ1v) is 3.69. The van der Waals surface area contributed by atoms with Crippen LogP contribution in [0.2, 0.25) is 0 Å². The molecule has 0 radical (unpaired) electrons. The second kappa shape index (κ2) is 5.16. The number of hydrogen-bond acceptors (Lipinski definition) is 4. The van der Waals surface area contributed by atoms with Crippen LogP contribution in [0, 0.1) is 10.1 Å². The van der Waals surface area contributed by atoms with Gasteiger partial charge in [-0.2, -0.15) is 0 Å². The van der Waals surface area contributed by atoms with E-state index in [-0.39, 0.29) is 18.8 Å². The van der Waals surface area contributed by atoms with Crippen LogP contribution in [-0.2, 0) is 11.2 Å². The minimum absolute atomic E-state index is 0. The fraction of sp³-hybridized carbons (Fsp3) is 0.125. The SMILES string of the molecule is Cl.O=C(O)Cc1ccc([N+](=O)[O-])c(O)c1. The van der Waals surface area contributed by atoms with E-state index in [1.165, 1.54) is 6.07 Å². The van der Waals surface area contributed by atoms with Gasteiger partial charge in [-0.15, -0.1) is 12.4 Å². The average molecular weight is 234 g/mol. The quantitative estimate of drug-likeness (QED) is 0.606. The van der Waals surface area contributed by atoms with Crippen molar-refractivity contribution >= 4 is 24.1 Å². The summed E-state index contributed by atoms with van der Waals surface area (Å²) in [5, 5.41) is 27.8. The molecule has 1 aromatic rings. The van der Waals surface area contributed by atoms with E-state index in [0.717, 1.165) is 12.1 Å². The largest absolute Gasteiger partial charge is 0.502 e. The van der Waals surface area contributed by atoms with Gasteiger partial charge in [-0.25, -0.2) is 0 Å². The van der Waals surface area contributed by atoms with Crippen LogP contribution in [0.25, 0.3) is 0 Å². The molecule has 0 unspecified atom stereocenters. The number of carbonyl (C=O) groups is 1. The molecule has 0 aliphatic heterocycles. The summed E-state index contributed by atoms with van der Waals surface area (Å²) in [5.41, 5.74) is -0.111. The summed E-state index contributed by atoms with van der Waals surface area (Å²) in [5.74, 6) is -1.58. The molecule has 0 aliphatic carbocycles. The van der Waals surface area contributed by atoms with E-state index in [0.29, 0.717) is 5.56 Å². The maximum atomic E-state index is 10.3. The Bertz CT molecular complexity index is 393. The number of carboxylic acids is 1. The average Bonchev–Trinajstić information content (AvgIpc) is 2.01. The van der Waals surface area contributed by atoms with Gasteiger partial charge >= 0.3 is 11.7 Å². The molecular formula is C8H8ClNO5. The van der Waals surface area contributed by atoms with E-state index < -0.39 is 22.3 Å². The number of phenols is 1. The van der Waals surface area contributed by atoms with Gasteiger partial charge < -0.3 is 10.2 Å². The molecule has 0 aliphatic rings. The Morgan fingerprint density at radius 3 is 2.47 bits per heavy atom. The van der Waals surface area contributed by atoms with Crippen molar-refractivity contribution in [2.24, 2.45) is 0 Å². The number of benzene rings is 1. The molecule has 2 N–H and O–H groups in total. The summed E-state index contributed by atoms with van der Waals surface area (Å²) in [6.07, 6.45) is -0.272. The first-order chi connectivity index (χ1) is 6.50. The second-order valence-electron chi connectivity index (χ2n) is 2.65. The lowest BCUT2D eigenvalue weighted by Gasteiger charge is -1.98. The van der Waals surface area contributed by atoms with Crippen molar-refractivity contribution < 1.29 is 19.9 Å². The first-order valence-electron chi connectivity index (χ1n) is 3.69. The minimum atomic E-state index is -1.06. The molecule has 0 amide bonds. The van der Waals surface area contributed by atoms with Crippen molar-refractivity contribution in [2.45, 2.75) is 6.42 Å². The summed E-state index contributed by atoms with van der Waals surface area (Å²) in [6, 6.07) is 3.45. The van der Waals surface area contributed by atoms with E-state index in [9.17, 15) is 14.9 Å². The lowest BCUT2D eigenvalue weighted by atomic mass is 10.1. The van der Waals surface area contributed by atoms with Gasteiger partial charge in [0.15, 0.2) is 5.75 Å². The van der Waals surface area contributed by atoms with Gasteiger partial charge in [0, 0.05) is 6.07 Å². The smallest absolute Gasteiger partial charge is 0.310 e. The van der Waals surface area contributed by atoms with Crippen LogP contribution in [0.15, 0.2) is 18.2 Å². The summed E-state index contributed by atoms with van der Waals surface area (Å²) in [4.78, 5) is 19.8. The Hall–Kier alpha value is -1.82. The maximum absolute atomic E-state index is 10.3.